The van der Waals surface area contributed by atoms with Gasteiger partial charge in [-0.15, -0.1) is 0 Å². The van der Waals surface area contributed by atoms with Gasteiger partial charge in [0.05, 0.1) is 7.11 Å². The minimum Gasteiger partial charge on any atom is -0.494 e. The van der Waals surface area contributed by atoms with Gasteiger partial charge in [-0.1, -0.05) is 6.07 Å². The molecule has 0 aromatic heterocycles. The highest BCUT2D eigenvalue weighted by molar-refractivity contribution is 5.34. The van der Waals surface area contributed by atoms with Gasteiger partial charge in [0.25, 0.3) is 0 Å². The van der Waals surface area contributed by atoms with Gasteiger partial charge in [-0.05, 0) is 24.6 Å². The molecule has 16 heavy (non-hydrogen) atoms. The lowest BCUT2D eigenvalue weighted by atomic mass is 9.84. The summed E-state index contributed by atoms with van der Waals surface area (Å²) in [5.74, 6) is 0.0871. The summed E-state index contributed by atoms with van der Waals surface area (Å²) in [4.78, 5) is 0. The molecule has 3 nitrogen and oxygen atoms in total. The molecule has 0 unspecified atom stereocenters. The van der Waals surface area contributed by atoms with E-state index in [0.717, 1.165) is 18.7 Å². The van der Waals surface area contributed by atoms with Crippen LogP contribution in [0.4, 0.5) is 4.39 Å². The topological polar surface area (TPSA) is 47.3 Å². The summed E-state index contributed by atoms with van der Waals surface area (Å²) in [7, 11) is 1.46. The Labute approximate surface area is 94.8 Å². The number of nitrogens with two attached hydrogens (primary N) is 1. The van der Waals surface area contributed by atoms with Crippen LogP contribution in [0.3, 0.4) is 0 Å². The van der Waals surface area contributed by atoms with Crippen LogP contribution in [-0.2, 0) is 0 Å². The van der Waals surface area contributed by atoms with E-state index in [9.17, 15) is 4.39 Å². The Hall–Kier alpha value is -1.13. The molecule has 2 atom stereocenters. The molecular formula is C12H17FN2O. The molecule has 88 valence electrons. The van der Waals surface area contributed by atoms with Crippen molar-refractivity contribution in [1.29, 1.82) is 0 Å². The summed E-state index contributed by atoms with van der Waals surface area (Å²) >= 11 is 0. The van der Waals surface area contributed by atoms with E-state index in [1.54, 1.807) is 6.07 Å². The van der Waals surface area contributed by atoms with E-state index in [4.69, 9.17) is 10.5 Å². The zero-order valence-corrected chi connectivity index (χ0v) is 9.59. The van der Waals surface area contributed by atoms with Crippen molar-refractivity contribution in [1.82, 2.24) is 5.32 Å². The van der Waals surface area contributed by atoms with Gasteiger partial charge in [0.2, 0.25) is 0 Å². The molecule has 0 radical (unpaired) electrons. The van der Waals surface area contributed by atoms with Crippen LogP contribution in [0.2, 0.25) is 0 Å². The maximum atomic E-state index is 13.6. The minimum absolute atomic E-state index is 0.146. The van der Waals surface area contributed by atoms with E-state index in [-0.39, 0.29) is 23.0 Å². The van der Waals surface area contributed by atoms with Crippen LogP contribution in [0, 0.1) is 5.82 Å². The Kier molecular flexibility index (Phi) is 2.86. The Morgan fingerprint density at radius 2 is 2.31 bits per heavy atom. The van der Waals surface area contributed by atoms with Gasteiger partial charge >= 0.3 is 0 Å². The average Bonchev–Trinajstić information content (AvgIpc) is 2.58. The minimum atomic E-state index is -0.331. The first-order valence-corrected chi connectivity index (χ1v) is 5.37. The molecule has 0 bridgehead atoms. The maximum absolute atomic E-state index is 13.6. The first-order valence-electron chi connectivity index (χ1n) is 5.37. The Balaban J connectivity index is 2.31. The van der Waals surface area contributed by atoms with Gasteiger partial charge in [-0.3, -0.25) is 0 Å². The van der Waals surface area contributed by atoms with Gasteiger partial charge in [-0.25, -0.2) is 4.39 Å². The SMILES string of the molecule is COc1ccc([C@H]2CNC[C@]2(C)N)cc1F. The van der Waals surface area contributed by atoms with E-state index in [0.29, 0.717) is 0 Å². The van der Waals surface area contributed by atoms with Crippen LogP contribution >= 0.6 is 0 Å². The van der Waals surface area contributed by atoms with Crippen molar-refractivity contribution in [3.63, 3.8) is 0 Å². The monoisotopic (exact) mass is 224 g/mol. The zero-order valence-electron chi connectivity index (χ0n) is 9.59. The van der Waals surface area contributed by atoms with Gasteiger partial charge in [0.15, 0.2) is 11.6 Å². The third kappa shape index (κ3) is 1.90. The highest BCUT2D eigenvalue weighted by atomic mass is 19.1. The predicted octanol–water partition coefficient (Wildman–Crippen LogP) is 1.24. The predicted molar refractivity (Wildman–Crippen MR) is 61.2 cm³/mol. The molecule has 4 heteroatoms. The summed E-state index contributed by atoms with van der Waals surface area (Å²) < 4.78 is 18.5. The smallest absolute Gasteiger partial charge is 0.165 e. The van der Waals surface area contributed by atoms with Crippen molar-refractivity contribution in [3.8, 4) is 5.75 Å². The number of nitrogens with one attached hydrogen (secondary N) is 1. The first-order chi connectivity index (χ1) is 7.54. The van der Waals surface area contributed by atoms with Crippen LogP contribution in [0.25, 0.3) is 0 Å². The number of rotatable bonds is 2. The number of methoxy groups -OCH3 is 1. The van der Waals surface area contributed by atoms with Gasteiger partial charge in [-0.2, -0.15) is 0 Å². The molecule has 3 N–H and O–H groups in total. The molecule has 1 aliphatic rings. The quantitative estimate of drug-likeness (QED) is 0.794. The molecule has 0 spiro atoms. The molecule has 1 aromatic rings. The molecular weight excluding hydrogens is 207 g/mol. The molecule has 0 amide bonds. The van der Waals surface area contributed by atoms with Crippen molar-refractivity contribution >= 4 is 0 Å². The van der Waals surface area contributed by atoms with Gasteiger partial charge < -0.3 is 15.8 Å². The molecule has 1 aromatic carbocycles. The summed E-state index contributed by atoms with van der Waals surface area (Å²) in [6, 6.07) is 5.05. The Bertz CT molecular complexity index is 393. The second kappa shape index (κ2) is 4.03. The van der Waals surface area contributed by atoms with Crippen LogP contribution in [0.5, 0.6) is 5.75 Å². The fraction of sp³-hybridized carbons (Fsp3) is 0.500. The average molecular weight is 224 g/mol. The van der Waals surface area contributed by atoms with Crippen LogP contribution < -0.4 is 15.8 Å². The lowest BCUT2D eigenvalue weighted by Gasteiger charge is -2.26. The summed E-state index contributed by atoms with van der Waals surface area (Å²) in [5.41, 5.74) is 6.76. The fourth-order valence-electron chi connectivity index (χ4n) is 2.24. The highest BCUT2D eigenvalue weighted by Gasteiger charge is 2.36. The summed E-state index contributed by atoms with van der Waals surface area (Å²) in [6.45, 7) is 3.53. The largest absolute Gasteiger partial charge is 0.494 e. The maximum Gasteiger partial charge on any atom is 0.165 e. The second-order valence-corrected chi connectivity index (χ2v) is 4.58. The van der Waals surface area contributed by atoms with E-state index in [1.165, 1.54) is 13.2 Å². The van der Waals surface area contributed by atoms with Gasteiger partial charge in [0.1, 0.15) is 0 Å². The number of benzene rings is 1. The third-order valence-electron chi connectivity index (χ3n) is 3.23. The van der Waals surface area contributed by atoms with E-state index >= 15 is 0 Å². The summed E-state index contributed by atoms with van der Waals surface area (Å²) in [6.07, 6.45) is 0. The van der Waals surface area contributed by atoms with Crippen molar-refractivity contribution in [3.05, 3.63) is 29.6 Å². The van der Waals surface area contributed by atoms with E-state index in [2.05, 4.69) is 5.32 Å². The molecule has 0 saturated carbocycles. The van der Waals surface area contributed by atoms with E-state index < -0.39 is 0 Å². The summed E-state index contributed by atoms with van der Waals surface area (Å²) in [5, 5.41) is 3.23. The second-order valence-electron chi connectivity index (χ2n) is 4.58. The van der Waals surface area contributed by atoms with Crippen LogP contribution in [0.15, 0.2) is 18.2 Å². The lowest BCUT2D eigenvalue weighted by molar-refractivity contribution is 0.384. The molecule has 1 saturated heterocycles. The van der Waals surface area contributed by atoms with Crippen molar-refractivity contribution in [2.75, 3.05) is 20.2 Å². The van der Waals surface area contributed by atoms with Crippen molar-refractivity contribution < 1.29 is 9.13 Å². The first kappa shape index (κ1) is 11.4. The molecule has 1 heterocycles. The number of hydrogen-bond acceptors (Lipinski definition) is 3. The molecule has 0 aliphatic carbocycles. The highest BCUT2D eigenvalue weighted by Crippen LogP contribution is 2.31. The fourth-order valence-corrected chi connectivity index (χ4v) is 2.24. The standard InChI is InChI=1S/C12H17FN2O/c1-12(14)7-15-6-9(12)8-3-4-11(16-2)10(13)5-8/h3-5,9,15H,6-7,14H2,1-2H3/t9-,12+/m1/s1. The van der Waals surface area contributed by atoms with Crippen molar-refractivity contribution in [2.45, 2.75) is 18.4 Å². The van der Waals surface area contributed by atoms with E-state index in [1.807, 2.05) is 13.0 Å². The van der Waals surface area contributed by atoms with Crippen LogP contribution in [0.1, 0.15) is 18.4 Å². The van der Waals surface area contributed by atoms with Gasteiger partial charge in [0, 0.05) is 24.5 Å². The molecule has 1 fully saturated rings. The van der Waals surface area contributed by atoms with Crippen molar-refractivity contribution in [2.24, 2.45) is 5.73 Å². The third-order valence-corrected chi connectivity index (χ3v) is 3.23. The zero-order chi connectivity index (χ0) is 11.8. The number of hydrogen-bond donors (Lipinski definition) is 2. The molecule has 2 rings (SSSR count). The number of ether oxygens (including phenoxy) is 1. The molecule has 1 aliphatic heterocycles. The Morgan fingerprint density at radius 1 is 1.56 bits per heavy atom. The van der Waals surface area contributed by atoms with Crippen LogP contribution in [-0.4, -0.2) is 25.7 Å². The Morgan fingerprint density at radius 3 is 2.81 bits per heavy atom. The lowest BCUT2D eigenvalue weighted by Crippen LogP contribution is -2.42. The number of halogens is 1. The normalized spacial score (nSPS) is 29.4.